The molecule has 330 valence electrons. The van der Waals surface area contributed by atoms with E-state index in [2.05, 4.69) is 233 Å². The minimum absolute atomic E-state index is 0.642. The van der Waals surface area contributed by atoms with E-state index < -0.39 is 0 Å². The molecule has 0 aliphatic carbocycles. The van der Waals surface area contributed by atoms with E-state index in [1.807, 2.05) is 36.4 Å². The molecule has 10 aromatic carbocycles. The molecule has 70 heavy (non-hydrogen) atoms. The molecule has 7 heteroatoms. The van der Waals surface area contributed by atoms with Gasteiger partial charge in [0.2, 0.25) is 0 Å². The summed E-state index contributed by atoms with van der Waals surface area (Å²) < 4.78 is 4.77. The Bertz CT molecular complexity index is 3710. The SMILES string of the molecule is c1ccc(-c2nc(-c3ccccc3)nc(-c3cccc4c3sc3c(-n5c6ccc(N(c7ccccc7)c7ccccc7)cc6c6cc(N(c7ccccc7)c7ccccc7)ccc65)cccc34)n2)cc1. The smallest absolute Gasteiger partial charge is 0.165 e. The maximum absolute atomic E-state index is 5.18. The normalized spacial score (nSPS) is 11.4. The molecule has 0 aliphatic rings. The van der Waals surface area contributed by atoms with E-state index in [1.54, 1.807) is 11.3 Å². The molecular formula is C63H42N6S. The van der Waals surface area contributed by atoms with Crippen LogP contribution in [0, 0.1) is 0 Å². The fraction of sp³-hybridized carbons (Fsp3) is 0. The van der Waals surface area contributed by atoms with Gasteiger partial charge >= 0.3 is 0 Å². The van der Waals surface area contributed by atoms with Crippen molar-refractivity contribution in [3.05, 3.63) is 255 Å². The third kappa shape index (κ3) is 7.24. The van der Waals surface area contributed by atoms with Crippen molar-refractivity contribution in [1.29, 1.82) is 0 Å². The molecule has 0 spiro atoms. The van der Waals surface area contributed by atoms with E-state index in [0.717, 1.165) is 88.4 Å². The predicted molar refractivity (Wildman–Crippen MR) is 293 cm³/mol. The zero-order chi connectivity index (χ0) is 46.4. The van der Waals surface area contributed by atoms with Crippen LogP contribution in [0.4, 0.5) is 34.1 Å². The van der Waals surface area contributed by atoms with Crippen LogP contribution >= 0.6 is 11.3 Å². The van der Waals surface area contributed by atoms with Gasteiger partial charge in [0.1, 0.15) is 0 Å². The molecule has 0 aliphatic heterocycles. The third-order valence-electron chi connectivity index (χ3n) is 13.0. The molecule has 13 rings (SSSR count). The van der Waals surface area contributed by atoms with Crippen LogP contribution in [0.2, 0.25) is 0 Å². The van der Waals surface area contributed by atoms with Gasteiger partial charge < -0.3 is 14.4 Å². The van der Waals surface area contributed by atoms with E-state index in [-0.39, 0.29) is 0 Å². The lowest BCUT2D eigenvalue weighted by molar-refractivity contribution is 1.08. The van der Waals surface area contributed by atoms with Crippen molar-refractivity contribution in [3.63, 3.8) is 0 Å². The summed E-state index contributed by atoms with van der Waals surface area (Å²) in [5, 5.41) is 4.65. The van der Waals surface area contributed by atoms with Crippen LogP contribution in [0.25, 0.3) is 81.8 Å². The van der Waals surface area contributed by atoms with Gasteiger partial charge in [-0.3, -0.25) is 0 Å². The van der Waals surface area contributed by atoms with Gasteiger partial charge in [0, 0.05) is 77.1 Å². The third-order valence-corrected chi connectivity index (χ3v) is 14.3. The molecule has 3 aromatic heterocycles. The maximum atomic E-state index is 5.18. The molecule has 0 amide bonds. The van der Waals surface area contributed by atoms with Crippen molar-refractivity contribution in [3.8, 4) is 39.9 Å². The Morgan fingerprint density at radius 3 is 1.13 bits per heavy atom. The first-order chi connectivity index (χ1) is 34.7. The summed E-state index contributed by atoms with van der Waals surface area (Å²) in [7, 11) is 0. The monoisotopic (exact) mass is 914 g/mol. The molecule has 0 bridgehead atoms. The lowest BCUT2D eigenvalue weighted by atomic mass is 10.1. The first-order valence-electron chi connectivity index (χ1n) is 23.4. The zero-order valence-electron chi connectivity index (χ0n) is 37.8. The van der Waals surface area contributed by atoms with Crippen LogP contribution in [0.3, 0.4) is 0 Å². The van der Waals surface area contributed by atoms with Crippen molar-refractivity contribution in [1.82, 2.24) is 19.5 Å². The molecule has 3 heterocycles. The topological polar surface area (TPSA) is 50.1 Å². The second kappa shape index (κ2) is 17.5. The highest BCUT2D eigenvalue weighted by atomic mass is 32.1. The first kappa shape index (κ1) is 41.1. The Balaban J connectivity index is 1.05. The summed E-state index contributed by atoms with van der Waals surface area (Å²) in [6.45, 7) is 0. The van der Waals surface area contributed by atoms with Gasteiger partial charge in [-0.05, 0) is 97.1 Å². The number of aromatic nitrogens is 4. The summed E-state index contributed by atoms with van der Waals surface area (Å²) in [5.41, 5.74) is 12.7. The van der Waals surface area contributed by atoms with Crippen molar-refractivity contribution in [2.75, 3.05) is 9.80 Å². The van der Waals surface area contributed by atoms with Crippen LogP contribution in [-0.4, -0.2) is 19.5 Å². The number of fused-ring (bicyclic) bond motifs is 6. The number of anilines is 6. The number of benzene rings is 10. The molecule has 6 nitrogen and oxygen atoms in total. The standard InChI is InChI=1S/C63H42N6S/c1-7-21-43(22-8-1)61-64-62(44-23-9-2-10-24-44)66-63(65-61)53-35-19-33-51-52-34-20-36-58(60(52)70-59(51)53)69-56-39-37-49(67(45-25-11-3-12-26-45)46-27-13-4-14-28-46)41-54(56)55-42-50(38-40-57(55)69)68(47-29-15-5-16-30-47)48-31-17-6-18-32-48/h1-42H. The van der Waals surface area contributed by atoms with Gasteiger partial charge in [-0.25, -0.2) is 15.0 Å². The fourth-order valence-electron chi connectivity index (χ4n) is 9.83. The average Bonchev–Trinajstić information content (AvgIpc) is 3.98. The number of nitrogens with zero attached hydrogens (tertiary/aromatic N) is 6. The highest BCUT2D eigenvalue weighted by molar-refractivity contribution is 7.26. The molecule has 0 atom stereocenters. The number of rotatable bonds is 10. The van der Waals surface area contributed by atoms with Gasteiger partial charge in [0.15, 0.2) is 17.5 Å². The zero-order valence-corrected chi connectivity index (χ0v) is 38.7. The lowest BCUT2D eigenvalue weighted by Gasteiger charge is -2.26. The van der Waals surface area contributed by atoms with Crippen molar-refractivity contribution < 1.29 is 0 Å². The van der Waals surface area contributed by atoms with E-state index in [9.17, 15) is 0 Å². The molecule has 0 saturated heterocycles. The molecule has 0 fully saturated rings. The van der Waals surface area contributed by atoms with Gasteiger partial charge in [-0.2, -0.15) is 0 Å². The Morgan fingerprint density at radius 1 is 0.300 bits per heavy atom. The molecule has 0 unspecified atom stereocenters. The van der Waals surface area contributed by atoms with Crippen LogP contribution in [-0.2, 0) is 0 Å². The van der Waals surface area contributed by atoms with Gasteiger partial charge in [-0.1, -0.05) is 158 Å². The Kier molecular flexibility index (Phi) is 10.3. The highest BCUT2D eigenvalue weighted by Gasteiger charge is 2.23. The average molecular weight is 915 g/mol. The molecule has 0 saturated carbocycles. The second-order valence-corrected chi connectivity index (χ2v) is 18.2. The summed E-state index contributed by atoms with van der Waals surface area (Å²) in [4.78, 5) is 20.0. The minimum Gasteiger partial charge on any atom is -0.310 e. The van der Waals surface area contributed by atoms with Gasteiger partial charge in [0.05, 0.1) is 21.4 Å². The van der Waals surface area contributed by atoms with Crippen molar-refractivity contribution >= 4 is 87.4 Å². The van der Waals surface area contributed by atoms with E-state index >= 15 is 0 Å². The summed E-state index contributed by atoms with van der Waals surface area (Å²) in [6, 6.07) is 89.9. The van der Waals surface area contributed by atoms with Crippen LogP contribution in [0.5, 0.6) is 0 Å². The lowest BCUT2D eigenvalue weighted by Crippen LogP contribution is -2.09. The van der Waals surface area contributed by atoms with E-state index in [0.29, 0.717) is 17.5 Å². The summed E-state index contributed by atoms with van der Waals surface area (Å²) in [5.74, 6) is 1.93. The Labute approximate surface area is 409 Å². The number of thiophene rings is 1. The van der Waals surface area contributed by atoms with Crippen LogP contribution < -0.4 is 9.80 Å². The van der Waals surface area contributed by atoms with E-state index in [4.69, 9.17) is 15.0 Å². The highest BCUT2D eigenvalue weighted by Crippen LogP contribution is 2.46. The van der Waals surface area contributed by atoms with Crippen molar-refractivity contribution in [2.45, 2.75) is 0 Å². The first-order valence-corrected chi connectivity index (χ1v) is 24.3. The van der Waals surface area contributed by atoms with Gasteiger partial charge in [0.25, 0.3) is 0 Å². The van der Waals surface area contributed by atoms with Crippen LogP contribution in [0.1, 0.15) is 0 Å². The molecule has 13 aromatic rings. The predicted octanol–water partition coefficient (Wildman–Crippen LogP) is 17.3. The Hall–Kier alpha value is -9.17. The van der Waals surface area contributed by atoms with Crippen molar-refractivity contribution in [2.24, 2.45) is 0 Å². The molecule has 0 N–H and O–H groups in total. The van der Waals surface area contributed by atoms with E-state index in [1.165, 1.54) is 10.1 Å². The number of hydrogen-bond donors (Lipinski definition) is 0. The summed E-state index contributed by atoms with van der Waals surface area (Å²) >= 11 is 1.80. The second-order valence-electron chi connectivity index (χ2n) is 17.2. The minimum atomic E-state index is 0.642. The fourth-order valence-corrected chi connectivity index (χ4v) is 11.1. The Morgan fingerprint density at radius 2 is 0.686 bits per heavy atom. The molecule has 0 radical (unpaired) electrons. The van der Waals surface area contributed by atoms with Crippen LogP contribution in [0.15, 0.2) is 255 Å². The quantitative estimate of drug-likeness (QED) is 0.137. The van der Waals surface area contributed by atoms with Gasteiger partial charge in [-0.15, -0.1) is 11.3 Å². The largest absolute Gasteiger partial charge is 0.310 e. The summed E-state index contributed by atoms with van der Waals surface area (Å²) in [6.07, 6.45) is 0. The maximum Gasteiger partial charge on any atom is 0.165 e. The molecular weight excluding hydrogens is 873 g/mol. The number of para-hydroxylation sites is 4. The number of hydrogen-bond acceptors (Lipinski definition) is 6.